The van der Waals surface area contributed by atoms with Gasteiger partial charge in [0.05, 0.1) is 93.7 Å². The number of nitrogens with zero attached hydrogens (tertiary/aromatic N) is 19. The van der Waals surface area contributed by atoms with Gasteiger partial charge in [-0.25, -0.2) is 47.4 Å². The van der Waals surface area contributed by atoms with Crippen molar-refractivity contribution in [2.45, 2.75) is 177 Å². The van der Waals surface area contributed by atoms with Gasteiger partial charge in [-0.1, -0.05) is 145 Å². The molecule has 6 atom stereocenters. The van der Waals surface area contributed by atoms with Crippen LogP contribution in [0.15, 0.2) is 180 Å². The molecule has 17 rings (SSSR count). The number of benzene rings is 3. The minimum absolute atomic E-state index is 0.0152. The van der Waals surface area contributed by atoms with Gasteiger partial charge >= 0.3 is 17.1 Å². The second kappa shape index (κ2) is 38.3. The number of H-pyrrole nitrogens is 1. The fraction of sp³-hybridized carbons (Fsp3) is 0.350. The van der Waals surface area contributed by atoms with E-state index in [0.29, 0.717) is 140 Å². The van der Waals surface area contributed by atoms with Crippen LogP contribution >= 0.6 is 34.8 Å². The van der Waals surface area contributed by atoms with Crippen LogP contribution in [0.25, 0.3) is 94.8 Å². The van der Waals surface area contributed by atoms with Crippen LogP contribution in [0, 0.1) is 26.6 Å². The largest absolute Gasteiger partial charge is 0.398 e. The Kier molecular flexibility index (Phi) is 27.1. The van der Waals surface area contributed by atoms with Crippen molar-refractivity contribution in [2.75, 3.05) is 72.8 Å². The molecule has 3 N–H and O–H groups in total. The van der Waals surface area contributed by atoms with Crippen molar-refractivity contribution in [1.82, 2.24) is 83.1 Å². The van der Waals surface area contributed by atoms with E-state index in [1.807, 2.05) is 160 Å². The SMILES string of the molecule is C=CC(=O)N1CC(C)N(c2nc(=O)n(-c3c(C)cc(CN4CCCC4)nc3C(C)C)c3nc(-c4ccccc4F)c(Cl)cc23)CC1C.C=CC(=O)N1CC(C)N(c2nc(=O)n(-c3c(C)ccnc3C(C)C)c3nc(-c4cccc5cc[nH]c45)c(Cl)cc23)CC1C.C=CC(=O)N1CC(C)N(c2nc(=O)n(-c3c(C)ccnc3C(C)C)c3nc(-c4ccccc4N)c(Cl)cc23)CC1C. The van der Waals surface area contributed by atoms with Crippen LogP contribution in [-0.4, -0.2) is 189 Å². The van der Waals surface area contributed by atoms with Crippen LogP contribution in [0.4, 0.5) is 27.5 Å². The number of pyridine rings is 6. The Hall–Kier alpha value is -12.9. The monoisotopic (exact) mass is 1820 g/mol. The Labute approximate surface area is 775 Å². The molecule has 27 nitrogen and oxygen atoms in total. The summed E-state index contributed by atoms with van der Waals surface area (Å²) in [6.45, 7) is 46.6. The van der Waals surface area contributed by atoms with Crippen molar-refractivity contribution in [2.24, 2.45) is 0 Å². The van der Waals surface area contributed by atoms with E-state index in [1.54, 1.807) is 66.6 Å². The van der Waals surface area contributed by atoms with E-state index in [1.165, 1.54) is 41.7 Å². The number of hydrogen-bond donors (Lipinski definition) is 2. The van der Waals surface area contributed by atoms with Gasteiger partial charge in [-0.15, -0.1) is 0 Å². The van der Waals surface area contributed by atoms with Crippen LogP contribution in [0.1, 0.15) is 153 Å². The molecule has 3 amide bonds. The van der Waals surface area contributed by atoms with Gasteiger partial charge in [-0.2, -0.15) is 15.0 Å². The first kappa shape index (κ1) is 92.8. The highest BCUT2D eigenvalue weighted by Gasteiger charge is 2.39. The van der Waals surface area contributed by atoms with Gasteiger partial charge < -0.3 is 40.1 Å². The van der Waals surface area contributed by atoms with Gasteiger partial charge in [-0.3, -0.25) is 34.2 Å². The number of likely N-dealkylation sites (tertiary alicyclic amines) is 1. The number of nitrogens with two attached hydrogens (primary N) is 1. The Balaban J connectivity index is 0.000000151. The van der Waals surface area contributed by atoms with E-state index in [9.17, 15) is 28.8 Å². The van der Waals surface area contributed by atoms with E-state index < -0.39 is 22.9 Å². The number of nitrogens with one attached hydrogen (secondary N) is 1. The number of anilines is 4. The number of aromatic amines is 1. The quantitative estimate of drug-likeness (QED) is 0.0632. The highest BCUT2D eigenvalue weighted by Crippen LogP contribution is 2.43. The molecule has 4 aliphatic heterocycles. The molecule has 13 aromatic rings. The maximum Gasteiger partial charge on any atom is 0.355 e. The van der Waals surface area contributed by atoms with Crippen LogP contribution in [0.2, 0.25) is 15.1 Å². The average molecular weight is 1830 g/mol. The molecule has 0 radical (unpaired) electrons. The number of hydrogen-bond acceptors (Lipinski definition) is 20. The van der Waals surface area contributed by atoms with Crippen molar-refractivity contribution in [1.29, 1.82) is 0 Å². The zero-order valence-electron chi connectivity index (χ0n) is 76.5. The molecule has 131 heavy (non-hydrogen) atoms. The Morgan fingerprint density at radius 3 is 1.25 bits per heavy atom. The third-order valence-corrected chi connectivity index (χ3v) is 26.1. The minimum atomic E-state index is -0.523. The van der Waals surface area contributed by atoms with Crippen LogP contribution in [0.5, 0.6) is 0 Å². The predicted octanol–water partition coefficient (Wildman–Crippen LogP) is 17.4. The lowest BCUT2D eigenvalue weighted by Gasteiger charge is -2.44. The molecule has 0 bridgehead atoms. The molecule has 4 saturated heterocycles. The van der Waals surface area contributed by atoms with Crippen molar-refractivity contribution in [3.8, 4) is 50.8 Å². The molecule has 4 fully saturated rings. The number of amides is 3. The molecule has 31 heteroatoms. The summed E-state index contributed by atoms with van der Waals surface area (Å²) in [5, 5.41) is 3.90. The Bertz CT molecular complexity index is 6900. The van der Waals surface area contributed by atoms with Gasteiger partial charge in [0.2, 0.25) is 17.7 Å². The van der Waals surface area contributed by atoms with E-state index in [2.05, 4.69) is 92.0 Å². The molecule has 678 valence electrons. The highest BCUT2D eigenvalue weighted by molar-refractivity contribution is 6.35. The topological polar surface area (TPSA) is 298 Å². The number of aryl methyl sites for hydroxylation is 3. The maximum atomic E-state index is 15.2. The number of rotatable bonds is 17. The highest BCUT2D eigenvalue weighted by atomic mass is 35.5. The summed E-state index contributed by atoms with van der Waals surface area (Å²) >= 11 is 20.8. The van der Waals surface area contributed by atoms with Gasteiger partial charge in [0, 0.05) is 128 Å². The third kappa shape index (κ3) is 17.9. The number of halogens is 4. The summed E-state index contributed by atoms with van der Waals surface area (Å²) in [5.74, 6) is 0.603. The summed E-state index contributed by atoms with van der Waals surface area (Å²) in [5.41, 5.74) is 18.3. The lowest BCUT2D eigenvalue weighted by Crippen LogP contribution is -2.58. The van der Waals surface area contributed by atoms with Crippen LogP contribution in [-0.2, 0) is 20.9 Å². The molecule has 0 aliphatic carbocycles. The summed E-state index contributed by atoms with van der Waals surface area (Å²) < 4.78 is 19.8. The lowest BCUT2D eigenvalue weighted by atomic mass is 10.0. The van der Waals surface area contributed by atoms with Crippen molar-refractivity contribution < 1.29 is 18.8 Å². The summed E-state index contributed by atoms with van der Waals surface area (Å²) in [6, 6.07) is 32.0. The first-order valence-corrected chi connectivity index (χ1v) is 45.5. The standard InChI is InChI=1S/C36H41ClFN7O2.C33H34ClN7O2.C31H34ClN7O2/c1-7-30(46)43-18-24(6)44(19-23(43)5)34-27-17-28(37)32(26-12-8-9-13-29(26)38)40-35(27)45(36(47)41-34)33-22(4)16-25(39-31(33)21(2)3)20-42-14-10-11-15-42;1-7-26(42)39-16-21(6)40(17-20(39)5)31-24-15-25(34)29(23-10-8-9-22-12-14-36-28(22)23)37-32(24)41(33(43)38-31)30-19(4)11-13-35-27(30)18(2)3;1-7-25(40)37-15-20(6)38(16-19(37)5)29-22-14-23(32)27(21-10-8-9-11-24(21)33)35-30(22)39(31(41)36-29)28-18(4)12-13-34-26(28)17(2)3/h7-9,12-13,16-17,21,23-24H,1,10-11,14-15,18-20H2,2-6H3;7-15,18,20-21,36H,1,16-17H2,2-6H3;7-14,17,19-20H,1,15-16,33H2,2-6H3. The minimum Gasteiger partial charge on any atom is -0.398 e. The zero-order chi connectivity index (χ0) is 93.7. The maximum absolute atomic E-state index is 15.2. The first-order valence-electron chi connectivity index (χ1n) is 44.4. The van der Waals surface area contributed by atoms with E-state index in [-0.39, 0.29) is 88.0 Å². The van der Waals surface area contributed by atoms with Gasteiger partial charge in [0.25, 0.3) is 0 Å². The molecule has 6 unspecified atom stereocenters. The van der Waals surface area contributed by atoms with Gasteiger partial charge in [0.15, 0.2) is 16.9 Å². The molecule has 3 aromatic carbocycles. The summed E-state index contributed by atoms with van der Waals surface area (Å²) in [7, 11) is 0. The number of carbonyl (C=O) groups excluding carboxylic acids is 3. The second-order valence-electron chi connectivity index (χ2n) is 35.5. The average Bonchev–Trinajstić information content (AvgIpc) is 1.54. The fourth-order valence-corrected chi connectivity index (χ4v) is 19.4. The zero-order valence-corrected chi connectivity index (χ0v) is 78.8. The van der Waals surface area contributed by atoms with Crippen LogP contribution in [0.3, 0.4) is 0 Å². The summed E-state index contributed by atoms with van der Waals surface area (Å²) in [6.07, 6.45) is 11.7. The van der Waals surface area contributed by atoms with Crippen LogP contribution < -0.4 is 37.5 Å². The van der Waals surface area contributed by atoms with E-state index >= 15 is 4.39 Å². The third-order valence-electron chi connectivity index (χ3n) is 25.2. The number of nitrogen functional groups attached to an aromatic ring is 1. The fourth-order valence-electron chi connectivity index (χ4n) is 18.6. The normalized spacial score (nSPS) is 17.8. The van der Waals surface area contributed by atoms with Gasteiger partial charge in [0.1, 0.15) is 23.3 Å². The first-order chi connectivity index (χ1) is 62.6. The predicted molar refractivity (Wildman–Crippen MR) is 522 cm³/mol. The molecule has 14 heterocycles. The molecular weight excluding hydrogens is 1720 g/mol. The molecule has 4 aliphatic rings. The molecular formula is C100H109Cl3FN21O6. The van der Waals surface area contributed by atoms with Gasteiger partial charge in [-0.05, 0) is 202 Å². The van der Waals surface area contributed by atoms with E-state index in [0.717, 1.165) is 75.6 Å². The number of carbonyl (C=O) groups is 3. The van der Waals surface area contributed by atoms with Crippen molar-refractivity contribution >= 4 is 120 Å². The summed E-state index contributed by atoms with van der Waals surface area (Å²) in [4.78, 5) is 141. The lowest BCUT2D eigenvalue weighted by molar-refractivity contribution is -0.129. The smallest absolute Gasteiger partial charge is 0.355 e. The van der Waals surface area contributed by atoms with Crippen molar-refractivity contribution in [3.05, 3.63) is 258 Å². The van der Waals surface area contributed by atoms with Crippen molar-refractivity contribution in [3.63, 3.8) is 0 Å². The Morgan fingerprint density at radius 1 is 0.466 bits per heavy atom. The number of aromatic nitrogens is 13. The molecule has 10 aromatic heterocycles. The number of piperazine rings is 3. The number of para-hydroxylation sites is 2. The Morgan fingerprint density at radius 2 is 0.847 bits per heavy atom. The number of fused-ring (bicyclic) bond motifs is 4. The van der Waals surface area contributed by atoms with E-state index in [4.69, 9.17) is 60.5 Å². The molecule has 0 saturated carbocycles. The molecule has 0 spiro atoms. The second-order valence-corrected chi connectivity index (χ2v) is 36.7.